The molecule has 0 spiro atoms. The average molecular weight is 2390 g/mol. The minimum absolute atomic E-state index is 0. The molecule has 10 unspecified atom stereocenters. The number of epoxide rings is 2. The molecule has 2 aliphatic carbocycles. The first-order chi connectivity index (χ1) is 62.2. The molecule has 18 nitrogen and oxygen atoms in total. The second-order valence-electron chi connectivity index (χ2n) is 30.3. The molecule has 0 radical (unpaired) electrons. The highest BCUT2D eigenvalue weighted by atomic mass is 28.5. The van der Waals surface area contributed by atoms with E-state index < -0.39 is 212 Å². The molecule has 70 heteroatoms. The third kappa shape index (κ3) is 146. The molecule has 2 saturated carbocycles. The maximum atomic E-state index is 12.6. The van der Waals surface area contributed by atoms with Crippen LogP contribution in [0.4, 0.5) is 194 Å². The van der Waals surface area contributed by atoms with Crippen molar-refractivity contribution < 1.29 is 277 Å². The summed E-state index contributed by atoms with van der Waals surface area (Å²) in [5.41, 5.74) is 0. The van der Waals surface area contributed by atoms with Gasteiger partial charge in [-0.15, -0.1) is 0 Å². The van der Waals surface area contributed by atoms with Crippen LogP contribution in [0.25, 0.3) is 0 Å². The van der Waals surface area contributed by atoms with E-state index in [1.165, 1.54) is 6.42 Å². The van der Waals surface area contributed by atoms with Gasteiger partial charge in [0.1, 0.15) is 0 Å². The summed E-state index contributed by atoms with van der Waals surface area (Å²) in [6.07, 6.45) is -26.0. The Morgan fingerprint density at radius 2 is 0.569 bits per heavy atom. The smallest absolute Gasteiger partial charge is 0.416 e. The molecule has 0 bridgehead atoms. The number of carbonyl (C=O) groups is 1. The van der Waals surface area contributed by atoms with Gasteiger partial charge in [0, 0.05) is 44.7 Å². The van der Waals surface area contributed by atoms with Crippen LogP contribution in [0.15, 0.2) is 0 Å². The van der Waals surface area contributed by atoms with Crippen molar-refractivity contribution in [3.8, 4) is 0 Å². The van der Waals surface area contributed by atoms with Crippen LogP contribution in [-0.2, 0) is 82.4 Å². The topological polar surface area (TPSA) is 181 Å². The number of esters is 1. The van der Waals surface area contributed by atoms with Crippen molar-refractivity contribution in [1.82, 2.24) is 0 Å². The zero-order chi connectivity index (χ0) is 109. The fraction of sp³-hybridized carbons (Fsp3) is 0.986. The van der Waals surface area contributed by atoms with E-state index in [4.69, 9.17) is 76.1 Å². The van der Waals surface area contributed by atoms with E-state index in [1.54, 1.807) is 0 Å². The van der Waals surface area contributed by atoms with Crippen molar-refractivity contribution in [3.05, 3.63) is 0 Å². The van der Waals surface area contributed by atoms with Crippen LogP contribution < -0.4 is 0 Å². The summed E-state index contributed by atoms with van der Waals surface area (Å²) in [6, 6.07) is 4.76. The van der Waals surface area contributed by atoms with Gasteiger partial charge in [-0.3, -0.25) is 4.79 Å². The molecule has 0 aromatic rings. The molecular weight excluding hydrogens is 2240 g/mol. The summed E-state index contributed by atoms with van der Waals surface area (Å²) in [5, 5.41) is 0. The van der Waals surface area contributed by atoms with E-state index in [0.717, 1.165) is 81.6 Å². The molecule has 4 aliphatic rings. The molecule has 144 heavy (non-hydrogen) atoms. The maximum absolute atomic E-state index is 12.6. The second-order valence-corrected chi connectivity index (χ2v) is 59.6. The quantitative estimate of drug-likeness (QED) is 0.0184. The summed E-state index contributed by atoms with van der Waals surface area (Å²) in [7, 11) is -17.9. The number of hydrogen-bond acceptors (Lipinski definition) is 18. The Labute approximate surface area is 826 Å². The molecule has 0 amide bonds. The number of fused-ring (bicyclic) bond motifs is 2. The maximum Gasteiger partial charge on any atom is 0.416 e. The minimum atomic E-state index is -4.62. The Bertz CT molecular complexity index is 2570. The van der Waals surface area contributed by atoms with Crippen molar-refractivity contribution in [3.63, 3.8) is 0 Å². The third-order valence-corrected chi connectivity index (χ3v) is 46.8. The first-order valence-corrected chi connectivity index (χ1v) is 61.3. The normalized spacial score (nSPS) is 17.2. The highest BCUT2D eigenvalue weighted by Crippen LogP contribution is 2.43. The number of alkyl halides is 36. The zero-order valence-electron chi connectivity index (χ0n) is 75.7. The Morgan fingerprint density at radius 1 is 0.312 bits per heavy atom. The molecule has 2 aliphatic heterocycles. The van der Waals surface area contributed by atoms with Gasteiger partial charge in [0.05, 0.1) is 63.0 Å². The third-order valence-electron chi connectivity index (χ3n) is 15.9. The van der Waals surface area contributed by atoms with Gasteiger partial charge < -0.3 is 57.8 Å². The van der Waals surface area contributed by atoms with Crippen LogP contribution in [0, 0.1) is 11.8 Å². The Kier molecular flexibility index (Phi) is 128. The zero-order valence-corrected chi connectivity index (χ0v) is 84.0. The van der Waals surface area contributed by atoms with Gasteiger partial charge in [0.2, 0.25) is 27.6 Å². The molecule has 4 rings (SSSR count). The van der Waals surface area contributed by atoms with Crippen LogP contribution in [0.3, 0.4) is 0 Å². The SMILES string of the molecule is C.C.C.C.C.C.C.C.C[SiH](O[Si](C)(C)CCCOCF)O[Si](C)(CCC1CCC2OC2C1)O[Si](C)(C)CCCOCCC(F)(F)F.C[SiH](O[Si](C)(C)CCCOCF)O[Si](C)(CCCOC(=O)C1CCC2OC2C1)O[Si](C)(C)CCCOCCC(F)(F)F.FCC(F)(F)F.FCC(F)(F)F.FCC(F)(F)F.FCC(F)(F)F.FCF.FCF.FCOF.FCOF.FF.FF.FOCC(F)(F)F.FOCC(F)(F)F. The highest BCUT2D eigenvalue weighted by Gasteiger charge is 2.49. The molecule has 2 heterocycles. The standard InChI is InChI=1S/C26H52F4O8Si4.C24H50F4O6Si4.2C2H2F4O.4C2H2F4.2CH2F2O.2CH2F2.8CH4.2F2/c1-39(36-40(2,3)17-8-14-33-21-27)37-42(6,38-41(4,5)18-7-13-32-16-12-26(28,29)30)19-9-15-34-25(31)22-10-11-23-24(20-22)35-23;1-35(32-36(2,3)16-8-14-30-20-25)33-38(6,18-11-21-9-10-22-23(19-21)31-22)34-37(4,5)17-7-13-29-15-12-24(26,27)28;2*3-2(4,5)1-7-6;4*3-1-2(4,5)6;2*2-1-4-3;2*2-1-3;;;;;;;;;2*1-2/h22-24,39H,7-21H2,1-6H3;21-23,35H,7-20H2,1-6H3;2*1H2;4*1H2;2*1H2;2*1H2;8*1H4;;. The predicted molar refractivity (Wildman–Crippen MR) is 475 cm³/mol. The predicted octanol–water partition coefficient (Wildman–Crippen LogP) is 32.7. The molecule has 4 fully saturated rings. The van der Waals surface area contributed by atoms with Gasteiger partial charge in [-0.1, -0.05) is 59.4 Å². The fourth-order valence-corrected chi connectivity index (χ4v) is 44.9. The Balaban J connectivity index is -0.0000000872. The van der Waals surface area contributed by atoms with E-state index in [-0.39, 0.29) is 97.2 Å². The van der Waals surface area contributed by atoms with E-state index >= 15 is 0 Å². The van der Waals surface area contributed by atoms with Crippen LogP contribution in [0.1, 0.15) is 149 Å². The van der Waals surface area contributed by atoms with E-state index in [0.29, 0.717) is 76.0 Å². The Morgan fingerprint density at radius 3 is 0.806 bits per heavy atom. The minimum Gasteiger partial charge on any atom is -0.465 e. The van der Waals surface area contributed by atoms with Crippen LogP contribution in [-0.4, -0.2) is 276 Å². The number of carbonyl (C=O) groups excluding carboxylic acids is 1. The summed E-state index contributed by atoms with van der Waals surface area (Å²) in [4.78, 5) is 21.9. The molecule has 898 valence electrons. The lowest BCUT2D eigenvalue weighted by Gasteiger charge is -2.39. The van der Waals surface area contributed by atoms with Crippen molar-refractivity contribution in [1.29, 1.82) is 0 Å². The van der Waals surface area contributed by atoms with Gasteiger partial charge in [-0.2, -0.15) is 125 Å². The van der Waals surface area contributed by atoms with Gasteiger partial charge >= 0.3 is 72.5 Å². The van der Waals surface area contributed by atoms with Gasteiger partial charge in [-0.25, -0.2) is 52.7 Å². The monoisotopic (exact) mass is 2390 g/mol. The first-order valence-electron chi connectivity index (χ1n) is 39.6. The molecule has 10 atom stereocenters. The number of ether oxygens (including phenoxy) is 7. The van der Waals surface area contributed by atoms with Crippen molar-refractivity contribution in [2.45, 2.75) is 338 Å². The van der Waals surface area contributed by atoms with Crippen LogP contribution >= 0.6 is 0 Å². The highest BCUT2D eigenvalue weighted by molar-refractivity contribution is 6.87. The molecule has 0 aromatic carbocycles. The number of hydrogen-bond donors (Lipinski definition) is 0. The summed E-state index contributed by atoms with van der Waals surface area (Å²) in [5.74, 6) is 0.367. The van der Waals surface area contributed by atoms with Gasteiger partial charge in [0.25, 0.3) is 18.6 Å². The summed E-state index contributed by atoms with van der Waals surface area (Å²) in [6.45, 7) is 6.00. The molecule has 0 N–H and O–H groups in total. The van der Waals surface area contributed by atoms with E-state index in [2.05, 4.69) is 85.2 Å². The second kappa shape index (κ2) is 101. The first kappa shape index (κ1) is 183. The average Bonchev–Trinajstić information content (AvgIpc) is 1.65. The number of halogens is 44. The van der Waals surface area contributed by atoms with Crippen LogP contribution in [0.2, 0.25) is 115 Å². The Hall–Kier alpha value is -2.51. The lowest BCUT2D eigenvalue weighted by Crippen LogP contribution is -2.53. The molecule has 2 saturated heterocycles. The van der Waals surface area contributed by atoms with Crippen LogP contribution in [0.5, 0.6) is 0 Å². The van der Waals surface area contributed by atoms with E-state index in [1.807, 2.05) is 13.1 Å². The van der Waals surface area contributed by atoms with Gasteiger partial charge in [0.15, 0.2) is 86.9 Å². The lowest BCUT2D eigenvalue weighted by molar-refractivity contribution is -0.245. The summed E-state index contributed by atoms with van der Waals surface area (Å²) < 4.78 is 537. The lowest BCUT2D eigenvalue weighted by atomic mass is 9.88. The van der Waals surface area contributed by atoms with Crippen molar-refractivity contribution >= 4 is 74.9 Å². The molecular formula is C74H154F44O18Si8. The fourth-order valence-electron chi connectivity index (χ4n) is 11.0. The summed E-state index contributed by atoms with van der Waals surface area (Å²) >= 11 is 0. The largest absolute Gasteiger partial charge is 0.465 e. The van der Waals surface area contributed by atoms with Crippen molar-refractivity contribution in [2.75, 3.05) is 127 Å². The van der Waals surface area contributed by atoms with E-state index in [9.17, 15) is 181 Å². The van der Waals surface area contributed by atoms with Crippen molar-refractivity contribution in [2.24, 2.45) is 11.8 Å². The number of rotatable bonds is 46. The molecule has 0 aromatic heterocycles. The van der Waals surface area contributed by atoms with Gasteiger partial charge in [-0.05, 0) is 216 Å².